The van der Waals surface area contributed by atoms with Crippen LogP contribution in [0.2, 0.25) is 0 Å². The van der Waals surface area contributed by atoms with Gasteiger partial charge in [0.1, 0.15) is 12.4 Å². The number of amides is 1. The molecule has 0 fully saturated rings. The van der Waals surface area contributed by atoms with E-state index in [0.717, 1.165) is 24.2 Å². The summed E-state index contributed by atoms with van der Waals surface area (Å²) in [4.78, 5) is 12.5. The lowest BCUT2D eigenvalue weighted by Crippen LogP contribution is -2.39. The lowest BCUT2D eigenvalue weighted by Gasteiger charge is -2.25. The Hall–Kier alpha value is -2.29. The molecule has 3 rings (SSSR count). The first-order valence-electron chi connectivity index (χ1n) is 8.31. The van der Waals surface area contributed by atoms with Crippen molar-refractivity contribution in [3.8, 4) is 5.75 Å². The second-order valence-corrected chi connectivity index (χ2v) is 6.08. The summed E-state index contributed by atoms with van der Waals surface area (Å²) in [5.74, 6) is 1.26. The summed E-state index contributed by atoms with van der Waals surface area (Å²) >= 11 is 0. The van der Waals surface area contributed by atoms with Gasteiger partial charge < -0.3 is 10.1 Å². The van der Waals surface area contributed by atoms with Gasteiger partial charge in [0.25, 0.3) is 0 Å². The molecule has 1 heterocycles. The summed E-state index contributed by atoms with van der Waals surface area (Å²) in [6, 6.07) is 18.3. The van der Waals surface area contributed by atoms with Gasteiger partial charge in [-0.05, 0) is 30.0 Å². The van der Waals surface area contributed by atoms with Crippen molar-refractivity contribution >= 4 is 5.91 Å². The van der Waals surface area contributed by atoms with Crippen LogP contribution in [0.15, 0.2) is 54.6 Å². The Morgan fingerprint density at radius 3 is 2.70 bits per heavy atom. The number of carbonyl (C=O) groups is 1. The Balaban J connectivity index is 1.57. The highest BCUT2D eigenvalue weighted by molar-refractivity contribution is 5.79. The molecule has 1 N–H and O–H groups in total. The first-order valence-corrected chi connectivity index (χ1v) is 8.31. The van der Waals surface area contributed by atoms with Gasteiger partial charge in [0.15, 0.2) is 0 Å². The minimum absolute atomic E-state index is 0.0916. The van der Waals surface area contributed by atoms with Crippen molar-refractivity contribution in [3.05, 3.63) is 65.7 Å². The summed E-state index contributed by atoms with van der Waals surface area (Å²) in [5, 5.41) is 3.11. The summed E-state index contributed by atoms with van der Waals surface area (Å²) in [5.41, 5.74) is 2.40. The van der Waals surface area contributed by atoms with Crippen molar-refractivity contribution < 1.29 is 9.53 Å². The molecule has 0 aromatic heterocycles. The normalized spacial score (nSPS) is 17.7. The van der Waals surface area contributed by atoms with E-state index < -0.39 is 0 Å². The van der Waals surface area contributed by atoms with Gasteiger partial charge in [0.2, 0.25) is 5.91 Å². The summed E-state index contributed by atoms with van der Waals surface area (Å²) in [6.07, 6.45) is 1.76. The molecule has 0 saturated carbocycles. The molecule has 2 unspecified atom stereocenters. The number of para-hydroxylation sites is 1. The fourth-order valence-electron chi connectivity index (χ4n) is 3.09. The number of hydrogen-bond acceptors (Lipinski definition) is 2. The zero-order valence-corrected chi connectivity index (χ0v) is 13.5. The van der Waals surface area contributed by atoms with Crippen molar-refractivity contribution in [2.45, 2.75) is 25.7 Å². The predicted molar refractivity (Wildman–Crippen MR) is 91.6 cm³/mol. The predicted octanol–water partition coefficient (Wildman–Crippen LogP) is 3.55. The number of rotatable bonds is 5. The van der Waals surface area contributed by atoms with Gasteiger partial charge in [0, 0.05) is 12.5 Å². The van der Waals surface area contributed by atoms with E-state index in [1.807, 2.05) is 42.5 Å². The van der Waals surface area contributed by atoms with E-state index in [2.05, 4.69) is 24.4 Å². The third kappa shape index (κ3) is 3.73. The molecule has 0 aliphatic carbocycles. The summed E-state index contributed by atoms with van der Waals surface area (Å²) in [7, 11) is 0. The molecule has 0 bridgehead atoms. The van der Waals surface area contributed by atoms with Gasteiger partial charge in [0.05, 0.1) is 5.92 Å². The molecule has 1 amide bonds. The molecule has 1 aliphatic heterocycles. The van der Waals surface area contributed by atoms with E-state index in [9.17, 15) is 4.79 Å². The Morgan fingerprint density at radius 1 is 1.17 bits per heavy atom. The fraction of sp³-hybridized carbons (Fsp3) is 0.350. The lowest BCUT2D eigenvalue weighted by molar-refractivity contribution is -0.126. The molecule has 1 aliphatic rings. The highest BCUT2D eigenvalue weighted by atomic mass is 16.5. The maximum Gasteiger partial charge on any atom is 0.226 e. The molecule has 120 valence electrons. The molecule has 23 heavy (non-hydrogen) atoms. The zero-order chi connectivity index (χ0) is 16.1. The number of ether oxygens (including phenoxy) is 1. The van der Waals surface area contributed by atoms with Crippen LogP contribution < -0.4 is 10.1 Å². The maximum absolute atomic E-state index is 12.5. The van der Waals surface area contributed by atoms with Crippen LogP contribution >= 0.6 is 0 Å². The SMILES string of the molecule is CCC(CNC(=O)C1COc2ccccc2C1)c1ccccc1. The van der Waals surface area contributed by atoms with E-state index >= 15 is 0 Å². The average Bonchev–Trinajstić information content (AvgIpc) is 2.62. The Kier molecular flexibility index (Phi) is 4.96. The summed E-state index contributed by atoms with van der Waals surface area (Å²) in [6.45, 7) is 3.30. The van der Waals surface area contributed by atoms with Crippen LogP contribution in [0.1, 0.15) is 30.4 Å². The summed E-state index contributed by atoms with van der Waals surface area (Å²) < 4.78 is 5.71. The maximum atomic E-state index is 12.5. The molecule has 0 saturated heterocycles. The monoisotopic (exact) mass is 309 g/mol. The Labute approximate surface area is 137 Å². The minimum Gasteiger partial charge on any atom is -0.492 e. The van der Waals surface area contributed by atoms with Gasteiger partial charge in [-0.3, -0.25) is 4.79 Å². The number of carbonyl (C=O) groups excluding carboxylic acids is 1. The highest BCUT2D eigenvalue weighted by Crippen LogP contribution is 2.27. The molecule has 3 nitrogen and oxygen atoms in total. The molecule has 2 aromatic rings. The highest BCUT2D eigenvalue weighted by Gasteiger charge is 2.26. The van der Waals surface area contributed by atoms with Gasteiger partial charge >= 0.3 is 0 Å². The van der Waals surface area contributed by atoms with Crippen LogP contribution in [0.25, 0.3) is 0 Å². The van der Waals surface area contributed by atoms with Gasteiger partial charge in [-0.2, -0.15) is 0 Å². The molecular formula is C20H23NO2. The fourth-order valence-corrected chi connectivity index (χ4v) is 3.09. The topological polar surface area (TPSA) is 38.3 Å². The van der Waals surface area contributed by atoms with Gasteiger partial charge in [-0.25, -0.2) is 0 Å². The zero-order valence-electron chi connectivity index (χ0n) is 13.5. The lowest BCUT2D eigenvalue weighted by atomic mass is 9.94. The molecule has 2 atom stereocenters. The Morgan fingerprint density at radius 2 is 1.91 bits per heavy atom. The van der Waals surface area contributed by atoms with E-state index in [1.165, 1.54) is 5.56 Å². The van der Waals surface area contributed by atoms with Crippen LogP contribution in [0.5, 0.6) is 5.75 Å². The molecule has 3 heteroatoms. The molecule has 2 aromatic carbocycles. The van der Waals surface area contributed by atoms with Gasteiger partial charge in [-0.15, -0.1) is 0 Å². The van der Waals surface area contributed by atoms with Crippen LogP contribution in [0, 0.1) is 5.92 Å². The van der Waals surface area contributed by atoms with Crippen molar-refractivity contribution in [1.29, 1.82) is 0 Å². The smallest absolute Gasteiger partial charge is 0.226 e. The molecule has 0 radical (unpaired) electrons. The first-order chi connectivity index (χ1) is 11.3. The van der Waals surface area contributed by atoms with Crippen LogP contribution in [0.4, 0.5) is 0 Å². The third-order valence-electron chi connectivity index (χ3n) is 4.54. The van der Waals surface area contributed by atoms with E-state index in [-0.39, 0.29) is 11.8 Å². The van der Waals surface area contributed by atoms with E-state index in [4.69, 9.17) is 4.74 Å². The number of nitrogens with one attached hydrogen (secondary N) is 1. The van der Waals surface area contributed by atoms with Crippen molar-refractivity contribution in [1.82, 2.24) is 5.32 Å². The second kappa shape index (κ2) is 7.32. The van der Waals surface area contributed by atoms with Crippen LogP contribution in [-0.4, -0.2) is 19.1 Å². The molecule has 0 spiro atoms. The largest absolute Gasteiger partial charge is 0.492 e. The standard InChI is InChI=1S/C20H23NO2/c1-2-15(16-8-4-3-5-9-16)13-21-20(22)18-12-17-10-6-7-11-19(17)23-14-18/h3-11,15,18H,2,12-14H2,1H3,(H,21,22). The van der Waals surface area contributed by atoms with Gasteiger partial charge in [-0.1, -0.05) is 55.5 Å². The van der Waals surface area contributed by atoms with E-state index in [1.54, 1.807) is 0 Å². The van der Waals surface area contributed by atoms with Crippen molar-refractivity contribution in [2.75, 3.05) is 13.2 Å². The van der Waals surface area contributed by atoms with Crippen LogP contribution in [0.3, 0.4) is 0 Å². The van der Waals surface area contributed by atoms with Crippen LogP contribution in [-0.2, 0) is 11.2 Å². The number of benzene rings is 2. The first kappa shape index (κ1) is 15.6. The van der Waals surface area contributed by atoms with E-state index in [0.29, 0.717) is 19.1 Å². The Bertz CT molecular complexity index is 654. The number of fused-ring (bicyclic) bond motifs is 1. The average molecular weight is 309 g/mol. The number of hydrogen-bond donors (Lipinski definition) is 1. The second-order valence-electron chi connectivity index (χ2n) is 6.08. The quantitative estimate of drug-likeness (QED) is 0.917. The molecular weight excluding hydrogens is 286 g/mol. The third-order valence-corrected chi connectivity index (χ3v) is 4.54. The van der Waals surface area contributed by atoms with Crippen molar-refractivity contribution in [2.24, 2.45) is 5.92 Å². The minimum atomic E-state index is -0.0989. The van der Waals surface area contributed by atoms with Crippen molar-refractivity contribution in [3.63, 3.8) is 0 Å².